The summed E-state index contributed by atoms with van der Waals surface area (Å²) in [6.07, 6.45) is 0.876. The molecule has 1 rings (SSSR count). The van der Waals surface area contributed by atoms with Gasteiger partial charge in [0.15, 0.2) is 0 Å². The van der Waals surface area contributed by atoms with Crippen molar-refractivity contribution in [1.82, 2.24) is 5.32 Å². The van der Waals surface area contributed by atoms with Crippen LogP contribution in [-0.2, 0) is 0 Å². The first-order chi connectivity index (χ1) is 7.99. The van der Waals surface area contributed by atoms with Crippen LogP contribution in [0, 0.1) is 25.2 Å². The van der Waals surface area contributed by atoms with Crippen molar-refractivity contribution in [3.63, 3.8) is 0 Å². The first-order valence-corrected chi connectivity index (χ1v) is 6.38. The zero-order chi connectivity index (χ0) is 13.0. The molecule has 0 aliphatic heterocycles. The fraction of sp³-hybridized carbons (Fsp3) is 0.500. The molecule has 0 aliphatic carbocycles. The summed E-state index contributed by atoms with van der Waals surface area (Å²) in [6, 6.07) is 2.00. The van der Waals surface area contributed by atoms with Gasteiger partial charge in [-0.3, -0.25) is 5.32 Å². The molecule has 0 spiro atoms. The second-order valence-electron chi connectivity index (χ2n) is 4.01. The summed E-state index contributed by atoms with van der Waals surface area (Å²) in [6.45, 7) is 7.78. The number of amides is 2. The molecule has 0 radical (unpaired) electrons. The van der Waals surface area contributed by atoms with E-state index in [1.54, 1.807) is 0 Å². The quantitative estimate of drug-likeness (QED) is 0.866. The second-order valence-corrected chi connectivity index (χ2v) is 5.23. The van der Waals surface area contributed by atoms with E-state index in [0.29, 0.717) is 10.6 Å². The molecular weight excluding hydrogens is 234 g/mol. The number of carbonyl (C=O) groups is 1. The Morgan fingerprint density at radius 2 is 2.18 bits per heavy atom. The minimum atomic E-state index is -0.253. The van der Waals surface area contributed by atoms with E-state index >= 15 is 0 Å². The Labute approximate surface area is 106 Å². The highest BCUT2D eigenvalue weighted by atomic mass is 32.1. The molecule has 4 nitrogen and oxygen atoms in total. The first-order valence-electron chi connectivity index (χ1n) is 5.57. The van der Waals surface area contributed by atoms with Crippen molar-refractivity contribution in [2.24, 2.45) is 0 Å². The summed E-state index contributed by atoms with van der Waals surface area (Å²) in [7, 11) is 0. The molecular formula is C12H17N3OS. The zero-order valence-corrected chi connectivity index (χ0v) is 11.4. The van der Waals surface area contributed by atoms with Crippen LogP contribution in [0.3, 0.4) is 0 Å². The van der Waals surface area contributed by atoms with Crippen LogP contribution in [0.4, 0.5) is 9.80 Å². The lowest BCUT2D eigenvalue weighted by molar-refractivity contribution is 0.249. The van der Waals surface area contributed by atoms with E-state index in [-0.39, 0.29) is 12.1 Å². The Balaban J connectivity index is 2.79. The molecule has 92 valence electrons. The van der Waals surface area contributed by atoms with Gasteiger partial charge in [0.1, 0.15) is 11.1 Å². The van der Waals surface area contributed by atoms with Crippen LogP contribution >= 0.6 is 11.3 Å². The lowest BCUT2D eigenvalue weighted by Crippen LogP contribution is -2.35. The van der Waals surface area contributed by atoms with Gasteiger partial charge in [0.25, 0.3) is 0 Å². The van der Waals surface area contributed by atoms with Gasteiger partial charge in [0.05, 0.1) is 5.56 Å². The molecule has 0 saturated carbocycles. The summed E-state index contributed by atoms with van der Waals surface area (Å²) in [5.41, 5.74) is 1.50. The van der Waals surface area contributed by atoms with Crippen molar-refractivity contribution in [2.45, 2.75) is 40.2 Å². The molecule has 0 saturated heterocycles. The molecule has 1 aromatic heterocycles. The van der Waals surface area contributed by atoms with Crippen molar-refractivity contribution in [1.29, 1.82) is 5.26 Å². The molecule has 2 N–H and O–H groups in total. The number of nitrogens with zero attached hydrogens (tertiary/aromatic N) is 1. The van der Waals surface area contributed by atoms with Crippen LogP contribution in [-0.4, -0.2) is 12.1 Å². The van der Waals surface area contributed by atoms with E-state index in [2.05, 4.69) is 16.7 Å². The molecule has 2 amide bonds. The van der Waals surface area contributed by atoms with Gasteiger partial charge in [-0.25, -0.2) is 4.79 Å². The van der Waals surface area contributed by atoms with Crippen molar-refractivity contribution in [3.8, 4) is 6.07 Å². The first kappa shape index (κ1) is 13.5. The number of anilines is 1. The van der Waals surface area contributed by atoms with Crippen LogP contribution < -0.4 is 10.6 Å². The molecule has 5 heteroatoms. The summed E-state index contributed by atoms with van der Waals surface area (Å²) in [5.74, 6) is 0. The number of aryl methyl sites for hydroxylation is 1. The Morgan fingerprint density at radius 1 is 1.53 bits per heavy atom. The number of rotatable bonds is 3. The zero-order valence-electron chi connectivity index (χ0n) is 10.5. The average molecular weight is 251 g/mol. The summed E-state index contributed by atoms with van der Waals surface area (Å²) < 4.78 is 0. The predicted octanol–water partition coefficient (Wildman–Crippen LogP) is 3.16. The van der Waals surface area contributed by atoms with Gasteiger partial charge in [0.2, 0.25) is 0 Å². The number of carbonyl (C=O) groups excluding carboxylic acids is 1. The number of nitriles is 1. The van der Waals surface area contributed by atoms with Gasteiger partial charge in [-0.2, -0.15) is 5.26 Å². The van der Waals surface area contributed by atoms with E-state index in [1.165, 1.54) is 11.3 Å². The lowest BCUT2D eigenvalue weighted by Gasteiger charge is -2.11. The van der Waals surface area contributed by atoms with E-state index < -0.39 is 0 Å². The van der Waals surface area contributed by atoms with Crippen molar-refractivity contribution >= 4 is 22.4 Å². The molecule has 1 heterocycles. The van der Waals surface area contributed by atoms with Gasteiger partial charge >= 0.3 is 6.03 Å². The molecule has 1 atom stereocenters. The third kappa shape index (κ3) is 3.21. The van der Waals surface area contributed by atoms with Gasteiger partial charge < -0.3 is 5.32 Å². The Kier molecular flexibility index (Phi) is 4.53. The monoisotopic (exact) mass is 251 g/mol. The van der Waals surface area contributed by atoms with Crippen LogP contribution in [0.2, 0.25) is 0 Å². The molecule has 0 aromatic carbocycles. The van der Waals surface area contributed by atoms with E-state index in [1.807, 2.05) is 27.7 Å². The van der Waals surface area contributed by atoms with E-state index in [9.17, 15) is 4.79 Å². The molecule has 0 bridgehead atoms. The maximum Gasteiger partial charge on any atom is 0.320 e. The normalized spacial score (nSPS) is 11.7. The lowest BCUT2D eigenvalue weighted by atomic mass is 10.2. The van der Waals surface area contributed by atoms with Gasteiger partial charge in [-0.15, -0.1) is 11.3 Å². The number of urea groups is 1. The summed E-state index contributed by atoms with van der Waals surface area (Å²) in [5, 5.41) is 15.2. The van der Waals surface area contributed by atoms with Crippen LogP contribution in [0.5, 0.6) is 0 Å². The number of thiophene rings is 1. The number of hydrogen-bond acceptors (Lipinski definition) is 3. The van der Waals surface area contributed by atoms with Crippen molar-refractivity contribution in [3.05, 3.63) is 16.0 Å². The van der Waals surface area contributed by atoms with Crippen LogP contribution in [0.15, 0.2) is 0 Å². The average Bonchev–Trinajstić information content (AvgIpc) is 2.53. The van der Waals surface area contributed by atoms with E-state index in [4.69, 9.17) is 5.26 Å². The van der Waals surface area contributed by atoms with Crippen LogP contribution in [0.1, 0.15) is 36.3 Å². The molecule has 0 aliphatic rings. The van der Waals surface area contributed by atoms with Crippen molar-refractivity contribution < 1.29 is 4.79 Å². The highest BCUT2D eigenvalue weighted by Gasteiger charge is 2.14. The minimum Gasteiger partial charge on any atom is -0.335 e. The Morgan fingerprint density at radius 3 is 2.71 bits per heavy atom. The standard InChI is InChI=1S/C12H17N3OS/c1-5-7(2)14-12(16)15-11-10(6-13)8(3)9(4)17-11/h7H,5H2,1-4H3,(H2,14,15,16)/t7-/m1/s1. The molecule has 0 unspecified atom stereocenters. The molecule has 1 aromatic rings. The number of hydrogen-bond donors (Lipinski definition) is 2. The largest absolute Gasteiger partial charge is 0.335 e. The summed E-state index contributed by atoms with van der Waals surface area (Å²) in [4.78, 5) is 12.7. The minimum absolute atomic E-state index is 0.127. The fourth-order valence-corrected chi connectivity index (χ4v) is 2.32. The highest BCUT2D eigenvalue weighted by Crippen LogP contribution is 2.31. The number of nitrogens with one attached hydrogen (secondary N) is 2. The molecule has 0 fully saturated rings. The molecule has 17 heavy (non-hydrogen) atoms. The predicted molar refractivity (Wildman–Crippen MR) is 70.4 cm³/mol. The topological polar surface area (TPSA) is 64.9 Å². The smallest absolute Gasteiger partial charge is 0.320 e. The van der Waals surface area contributed by atoms with Gasteiger partial charge in [0, 0.05) is 10.9 Å². The maximum absolute atomic E-state index is 11.6. The van der Waals surface area contributed by atoms with Gasteiger partial charge in [-0.1, -0.05) is 6.92 Å². The van der Waals surface area contributed by atoms with E-state index in [0.717, 1.165) is 16.9 Å². The van der Waals surface area contributed by atoms with Crippen molar-refractivity contribution in [2.75, 3.05) is 5.32 Å². The maximum atomic E-state index is 11.6. The fourth-order valence-electron chi connectivity index (χ4n) is 1.31. The highest BCUT2D eigenvalue weighted by molar-refractivity contribution is 7.16. The SMILES string of the molecule is CC[C@@H](C)NC(=O)Nc1sc(C)c(C)c1C#N. The summed E-state index contributed by atoms with van der Waals surface area (Å²) >= 11 is 1.43. The van der Waals surface area contributed by atoms with Crippen LogP contribution in [0.25, 0.3) is 0 Å². The third-order valence-electron chi connectivity index (χ3n) is 2.71. The Hall–Kier alpha value is -1.54. The second kappa shape index (κ2) is 5.69. The Bertz CT molecular complexity index is 459. The van der Waals surface area contributed by atoms with Gasteiger partial charge in [-0.05, 0) is 32.8 Å². The third-order valence-corrected chi connectivity index (χ3v) is 3.84.